The predicted molar refractivity (Wildman–Crippen MR) is 74.9 cm³/mol. The van der Waals surface area contributed by atoms with Gasteiger partial charge in [-0.25, -0.2) is 0 Å². The van der Waals surface area contributed by atoms with Crippen molar-refractivity contribution in [3.8, 4) is 0 Å². The third kappa shape index (κ3) is 1.74. The van der Waals surface area contributed by atoms with Gasteiger partial charge in [0.1, 0.15) is 6.29 Å². The minimum absolute atomic E-state index is 0.210. The van der Waals surface area contributed by atoms with E-state index in [0.29, 0.717) is 0 Å². The van der Waals surface area contributed by atoms with E-state index in [1.165, 1.54) is 41.0 Å². The lowest BCUT2D eigenvalue weighted by atomic mass is 9.79. The third-order valence-corrected chi connectivity index (χ3v) is 4.29. The molecule has 2 aromatic carbocycles. The van der Waals surface area contributed by atoms with Crippen molar-refractivity contribution in [2.75, 3.05) is 0 Å². The average molecular weight is 238 g/mol. The molecule has 0 aliphatic heterocycles. The first-order valence-electron chi connectivity index (χ1n) is 6.71. The van der Waals surface area contributed by atoms with Crippen molar-refractivity contribution in [2.45, 2.75) is 38.0 Å². The van der Waals surface area contributed by atoms with Crippen LogP contribution in [0.3, 0.4) is 0 Å². The maximum atomic E-state index is 11.5. The van der Waals surface area contributed by atoms with Crippen LogP contribution in [-0.2, 0) is 10.2 Å². The standard InChI is InChI=1S/C17H18O/c1-13-4-5-14-6-7-16(11-15(14)10-13)17(12-18)8-2-3-9-17/h4-7,10-12H,2-3,8-9H2,1H3. The topological polar surface area (TPSA) is 17.1 Å². The number of fused-ring (bicyclic) bond motifs is 1. The maximum Gasteiger partial charge on any atom is 0.130 e. The van der Waals surface area contributed by atoms with Crippen LogP contribution in [0.5, 0.6) is 0 Å². The summed E-state index contributed by atoms with van der Waals surface area (Å²) in [6.07, 6.45) is 5.54. The van der Waals surface area contributed by atoms with Gasteiger partial charge in [-0.2, -0.15) is 0 Å². The van der Waals surface area contributed by atoms with Gasteiger partial charge in [0.25, 0.3) is 0 Å². The van der Waals surface area contributed by atoms with Crippen LogP contribution in [0.2, 0.25) is 0 Å². The summed E-state index contributed by atoms with van der Waals surface area (Å²) in [7, 11) is 0. The van der Waals surface area contributed by atoms with Crippen LogP contribution < -0.4 is 0 Å². The Hall–Kier alpha value is -1.63. The summed E-state index contributed by atoms with van der Waals surface area (Å²) < 4.78 is 0. The van der Waals surface area contributed by atoms with Crippen molar-refractivity contribution in [1.29, 1.82) is 0 Å². The molecule has 1 fully saturated rings. The first-order chi connectivity index (χ1) is 8.73. The molecule has 0 unspecified atom stereocenters. The van der Waals surface area contributed by atoms with E-state index in [4.69, 9.17) is 0 Å². The maximum absolute atomic E-state index is 11.5. The molecule has 0 spiro atoms. The largest absolute Gasteiger partial charge is 0.302 e. The molecule has 0 heterocycles. The summed E-state index contributed by atoms with van der Waals surface area (Å²) in [5, 5.41) is 2.50. The second-order valence-corrected chi connectivity index (χ2v) is 5.55. The first-order valence-corrected chi connectivity index (χ1v) is 6.71. The quantitative estimate of drug-likeness (QED) is 0.718. The van der Waals surface area contributed by atoms with E-state index in [2.05, 4.69) is 43.3 Å². The monoisotopic (exact) mass is 238 g/mol. The van der Waals surface area contributed by atoms with E-state index in [1.807, 2.05) is 0 Å². The first kappa shape index (κ1) is 11.5. The van der Waals surface area contributed by atoms with Gasteiger partial charge in [-0.1, -0.05) is 54.8 Å². The summed E-state index contributed by atoms with van der Waals surface area (Å²) in [6.45, 7) is 2.11. The van der Waals surface area contributed by atoms with Crippen LogP contribution in [0.25, 0.3) is 10.8 Å². The molecule has 1 aliphatic carbocycles. The van der Waals surface area contributed by atoms with Gasteiger partial charge < -0.3 is 4.79 Å². The minimum atomic E-state index is -0.210. The van der Waals surface area contributed by atoms with Gasteiger partial charge in [-0.05, 0) is 36.1 Å². The number of rotatable bonds is 2. The molecule has 0 radical (unpaired) electrons. The van der Waals surface area contributed by atoms with Crippen molar-refractivity contribution in [1.82, 2.24) is 0 Å². The van der Waals surface area contributed by atoms with E-state index in [1.54, 1.807) is 0 Å². The number of hydrogen-bond donors (Lipinski definition) is 0. The Labute approximate surface area is 108 Å². The summed E-state index contributed by atoms with van der Waals surface area (Å²) in [4.78, 5) is 11.5. The zero-order valence-corrected chi connectivity index (χ0v) is 10.8. The number of carbonyl (C=O) groups is 1. The summed E-state index contributed by atoms with van der Waals surface area (Å²) in [5.41, 5.74) is 2.26. The molecule has 0 atom stereocenters. The van der Waals surface area contributed by atoms with Gasteiger partial charge in [0.05, 0.1) is 5.41 Å². The van der Waals surface area contributed by atoms with Crippen molar-refractivity contribution in [3.63, 3.8) is 0 Å². The highest BCUT2D eigenvalue weighted by Gasteiger charge is 2.35. The number of benzene rings is 2. The third-order valence-electron chi connectivity index (χ3n) is 4.29. The molecule has 1 heteroatoms. The predicted octanol–water partition coefficient (Wildman–Crippen LogP) is 4.16. The minimum Gasteiger partial charge on any atom is -0.302 e. The van der Waals surface area contributed by atoms with Gasteiger partial charge in [0.15, 0.2) is 0 Å². The molecule has 0 amide bonds. The Morgan fingerprint density at radius 1 is 1.00 bits per heavy atom. The molecule has 0 saturated heterocycles. The Balaban J connectivity index is 2.15. The Kier molecular flexibility index (Phi) is 2.70. The zero-order valence-electron chi connectivity index (χ0n) is 10.8. The Morgan fingerprint density at radius 2 is 1.72 bits per heavy atom. The molecular formula is C17H18O. The summed E-state index contributed by atoms with van der Waals surface area (Å²) in [5.74, 6) is 0. The fourth-order valence-corrected chi connectivity index (χ4v) is 3.16. The van der Waals surface area contributed by atoms with Crippen molar-refractivity contribution >= 4 is 17.1 Å². The molecule has 0 bridgehead atoms. The highest BCUT2D eigenvalue weighted by molar-refractivity contribution is 5.85. The van der Waals surface area contributed by atoms with Gasteiger partial charge in [-0.3, -0.25) is 0 Å². The lowest BCUT2D eigenvalue weighted by Gasteiger charge is -2.22. The van der Waals surface area contributed by atoms with Gasteiger partial charge in [-0.15, -0.1) is 0 Å². The van der Waals surface area contributed by atoms with E-state index < -0.39 is 0 Å². The molecule has 3 rings (SSSR count). The lowest BCUT2D eigenvalue weighted by molar-refractivity contribution is -0.112. The normalized spacial score (nSPS) is 18.1. The van der Waals surface area contributed by atoms with Crippen LogP contribution in [0.15, 0.2) is 36.4 Å². The molecule has 1 aliphatic rings. The summed E-state index contributed by atoms with van der Waals surface area (Å²) >= 11 is 0. The highest BCUT2D eigenvalue weighted by Crippen LogP contribution is 2.40. The molecule has 0 aromatic heterocycles. The van der Waals surface area contributed by atoms with Crippen molar-refractivity contribution in [2.24, 2.45) is 0 Å². The molecule has 92 valence electrons. The average Bonchev–Trinajstić information content (AvgIpc) is 2.88. The van der Waals surface area contributed by atoms with Gasteiger partial charge in [0, 0.05) is 0 Å². The Morgan fingerprint density at radius 3 is 2.44 bits per heavy atom. The fourth-order valence-electron chi connectivity index (χ4n) is 3.16. The van der Waals surface area contributed by atoms with Crippen molar-refractivity contribution in [3.05, 3.63) is 47.5 Å². The van der Waals surface area contributed by atoms with E-state index >= 15 is 0 Å². The van der Waals surface area contributed by atoms with E-state index in [-0.39, 0.29) is 5.41 Å². The molecule has 2 aromatic rings. The van der Waals surface area contributed by atoms with Gasteiger partial charge >= 0.3 is 0 Å². The number of aldehydes is 1. The number of hydrogen-bond acceptors (Lipinski definition) is 1. The van der Waals surface area contributed by atoms with E-state index in [0.717, 1.165) is 12.8 Å². The molecule has 18 heavy (non-hydrogen) atoms. The number of aryl methyl sites for hydroxylation is 1. The number of carbonyl (C=O) groups excluding carboxylic acids is 1. The van der Waals surface area contributed by atoms with Crippen LogP contribution in [0, 0.1) is 6.92 Å². The molecule has 0 N–H and O–H groups in total. The molecular weight excluding hydrogens is 220 g/mol. The smallest absolute Gasteiger partial charge is 0.130 e. The molecule has 1 nitrogen and oxygen atoms in total. The fraction of sp³-hybridized carbons (Fsp3) is 0.353. The summed E-state index contributed by atoms with van der Waals surface area (Å²) in [6, 6.07) is 13.0. The van der Waals surface area contributed by atoms with Crippen LogP contribution in [0.4, 0.5) is 0 Å². The second kappa shape index (κ2) is 4.24. The van der Waals surface area contributed by atoms with Crippen LogP contribution in [-0.4, -0.2) is 6.29 Å². The van der Waals surface area contributed by atoms with Crippen LogP contribution >= 0.6 is 0 Å². The van der Waals surface area contributed by atoms with E-state index in [9.17, 15) is 4.79 Å². The van der Waals surface area contributed by atoms with Gasteiger partial charge in [0.2, 0.25) is 0 Å². The SMILES string of the molecule is Cc1ccc2ccc(C3(C=O)CCCC3)cc2c1. The molecule has 1 saturated carbocycles. The highest BCUT2D eigenvalue weighted by atomic mass is 16.1. The van der Waals surface area contributed by atoms with Crippen molar-refractivity contribution < 1.29 is 4.79 Å². The Bertz CT molecular complexity index is 592. The van der Waals surface area contributed by atoms with Crippen LogP contribution in [0.1, 0.15) is 36.8 Å². The lowest BCUT2D eigenvalue weighted by Crippen LogP contribution is -2.23. The zero-order chi connectivity index (χ0) is 12.6. The second-order valence-electron chi connectivity index (χ2n) is 5.55.